The number of hydrogen-bond donors (Lipinski definition) is 3. The third-order valence-electron chi connectivity index (χ3n) is 4.35. The van der Waals surface area contributed by atoms with Crippen LogP contribution in [0.4, 0.5) is 10.6 Å². The number of carbonyl (C=O) groups excluding carboxylic acids is 1. The van der Waals surface area contributed by atoms with Crippen molar-refractivity contribution in [2.75, 3.05) is 5.32 Å². The number of aliphatic carboxylic acids is 1. The highest BCUT2D eigenvalue weighted by Gasteiger charge is 2.35. The van der Waals surface area contributed by atoms with E-state index in [1.807, 2.05) is 43.5 Å². The van der Waals surface area contributed by atoms with Gasteiger partial charge in [-0.3, -0.25) is 14.8 Å². The van der Waals surface area contributed by atoms with Crippen LogP contribution in [0.5, 0.6) is 0 Å². The van der Waals surface area contributed by atoms with Crippen LogP contribution in [0.1, 0.15) is 31.4 Å². The van der Waals surface area contributed by atoms with Gasteiger partial charge in [0.15, 0.2) is 5.82 Å². The molecule has 1 aliphatic carbocycles. The van der Waals surface area contributed by atoms with Gasteiger partial charge in [0.2, 0.25) is 0 Å². The van der Waals surface area contributed by atoms with Crippen molar-refractivity contribution in [1.29, 1.82) is 0 Å². The molecule has 7 nitrogen and oxygen atoms in total. The molecule has 1 atom stereocenters. The molecule has 1 fully saturated rings. The fourth-order valence-corrected chi connectivity index (χ4v) is 2.78. The number of nitrogens with zero attached hydrogens (tertiary/aromatic N) is 2. The minimum absolute atomic E-state index is 0.0627. The van der Waals surface area contributed by atoms with Gasteiger partial charge in [-0.25, -0.2) is 4.79 Å². The second kappa shape index (κ2) is 6.74. The molecule has 2 amide bonds. The second-order valence-electron chi connectivity index (χ2n) is 6.07. The number of hydrogen-bond acceptors (Lipinski definition) is 3. The van der Waals surface area contributed by atoms with Gasteiger partial charge < -0.3 is 10.4 Å². The van der Waals surface area contributed by atoms with E-state index in [2.05, 4.69) is 15.7 Å². The molecule has 1 saturated carbocycles. The van der Waals surface area contributed by atoms with Crippen molar-refractivity contribution in [2.45, 2.75) is 31.8 Å². The van der Waals surface area contributed by atoms with Crippen LogP contribution in [0, 0.1) is 5.92 Å². The quantitative estimate of drug-likeness (QED) is 0.785. The maximum atomic E-state index is 11.9. The first-order valence-electron chi connectivity index (χ1n) is 7.93. The van der Waals surface area contributed by atoms with E-state index >= 15 is 0 Å². The summed E-state index contributed by atoms with van der Waals surface area (Å²) in [4.78, 5) is 22.7. The van der Waals surface area contributed by atoms with Gasteiger partial charge in [0, 0.05) is 18.3 Å². The standard InChI is InChI=1S/C17H20N4O3/c1-11(12-5-3-2-4-6-12)21-8-7-15(20-21)19-17(24)18-14-9-13(10-14)16(22)23/h2-8,11,13-14H,9-10H2,1H3,(H,22,23)(H2,18,19,20,24). The summed E-state index contributed by atoms with van der Waals surface area (Å²) in [5, 5.41) is 18.6. The molecule has 1 heterocycles. The lowest BCUT2D eigenvalue weighted by atomic mass is 9.80. The number of benzene rings is 1. The smallest absolute Gasteiger partial charge is 0.320 e. The molecular formula is C17H20N4O3. The third kappa shape index (κ3) is 3.56. The second-order valence-corrected chi connectivity index (χ2v) is 6.07. The van der Waals surface area contributed by atoms with E-state index in [9.17, 15) is 9.59 Å². The zero-order valence-corrected chi connectivity index (χ0v) is 13.3. The fourth-order valence-electron chi connectivity index (χ4n) is 2.78. The van der Waals surface area contributed by atoms with E-state index in [4.69, 9.17) is 5.11 Å². The average molecular weight is 328 g/mol. The normalized spacial score (nSPS) is 20.7. The van der Waals surface area contributed by atoms with Crippen LogP contribution in [0.25, 0.3) is 0 Å². The molecule has 1 aromatic carbocycles. The predicted octanol–water partition coefficient (Wildman–Crippen LogP) is 2.48. The molecule has 3 N–H and O–H groups in total. The first kappa shape index (κ1) is 16.0. The van der Waals surface area contributed by atoms with Gasteiger partial charge in [0.25, 0.3) is 0 Å². The number of carbonyl (C=O) groups is 2. The molecule has 3 rings (SSSR count). The van der Waals surface area contributed by atoms with Crippen molar-refractivity contribution in [1.82, 2.24) is 15.1 Å². The molecule has 7 heteroatoms. The Balaban J connectivity index is 1.53. The number of carboxylic acid groups (broad SMARTS) is 1. The van der Waals surface area contributed by atoms with E-state index in [-0.39, 0.29) is 24.0 Å². The number of aromatic nitrogens is 2. The van der Waals surface area contributed by atoms with Crippen LogP contribution in [0.3, 0.4) is 0 Å². The van der Waals surface area contributed by atoms with Gasteiger partial charge in [-0.1, -0.05) is 30.3 Å². The molecule has 1 aliphatic rings. The molecule has 0 spiro atoms. The van der Waals surface area contributed by atoms with Crippen LogP contribution in [0.2, 0.25) is 0 Å². The van der Waals surface area contributed by atoms with Gasteiger partial charge in [-0.05, 0) is 25.3 Å². The Morgan fingerprint density at radius 2 is 1.96 bits per heavy atom. The molecule has 24 heavy (non-hydrogen) atoms. The van der Waals surface area contributed by atoms with Crippen molar-refractivity contribution in [3.05, 3.63) is 48.2 Å². The lowest BCUT2D eigenvalue weighted by Crippen LogP contribution is -2.48. The molecule has 2 aromatic rings. The average Bonchev–Trinajstić information content (AvgIpc) is 2.98. The summed E-state index contributed by atoms with van der Waals surface area (Å²) in [6.45, 7) is 2.03. The Hall–Kier alpha value is -2.83. The molecule has 1 unspecified atom stereocenters. The van der Waals surface area contributed by atoms with Crippen molar-refractivity contribution >= 4 is 17.8 Å². The van der Waals surface area contributed by atoms with Gasteiger partial charge in [0.05, 0.1) is 12.0 Å². The number of nitrogens with one attached hydrogen (secondary N) is 2. The number of carboxylic acids is 1. The number of urea groups is 1. The maximum Gasteiger partial charge on any atom is 0.320 e. The van der Waals surface area contributed by atoms with E-state index in [0.717, 1.165) is 5.56 Å². The monoisotopic (exact) mass is 328 g/mol. The fraction of sp³-hybridized carbons (Fsp3) is 0.353. The van der Waals surface area contributed by atoms with E-state index in [0.29, 0.717) is 18.7 Å². The molecule has 0 bridgehead atoms. The largest absolute Gasteiger partial charge is 0.481 e. The lowest BCUT2D eigenvalue weighted by molar-refractivity contribution is -0.145. The summed E-state index contributed by atoms with van der Waals surface area (Å²) in [5.74, 6) is -0.687. The molecular weight excluding hydrogens is 308 g/mol. The SMILES string of the molecule is CC(c1ccccc1)n1ccc(NC(=O)NC2CC(C(=O)O)C2)n1. The molecule has 1 aromatic heterocycles. The Bertz CT molecular complexity index is 722. The van der Waals surface area contributed by atoms with Crippen molar-refractivity contribution in [3.63, 3.8) is 0 Å². The van der Waals surface area contributed by atoms with Crippen molar-refractivity contribution in [3.8, 4) is 0 Å². The summed E-state index contributed by atoms with van der Waals surface area (Å²) in [6, 6.07) is 11.3. The molecule has 0 saturated heterocycles. The number of anilines is 1. The lowest BCUT2D eigenvalue weighted by Gasteiger charge is -2.32. The first-order chi connectivity index (χ1) is 11.5. The summed E-state index contributed by atoms with van der Waals surface area (Å²) in [7, 11) is 0. The predicted molar refractivity (Wildman–Crippen MR) is 88.8 cm³/mol. The minimum atomic E-state index is -0.804. The third-order valence-corrected chi connectivity index (χ3v) is 4.35. The summed E-state index contributed by atoms with van der Waals surface area (Å²) < 4.78 is 1.79. The zero-order valence-electron chi connectivity index (χ0n) is 13.3. The van der Waals surface area contributed by atoms with Gasteiger partial charge in [-0.15, -0.1) is 0 Å². The number of amides is 2. The van der Waals surface area contributed by atoms with Crippen molar-refractivity contribution in [2.24, 2.45) is 5.92 Å². The Morgan fingerprint density at radius 3 is 2.62 bits per heavy atom. The Kier molecular flexibility index (Phi) is 4.50. The zero-order chi connectivity index (χ0) is 17.1. The first-order valence-corrected chi connectivity index (χ1v) is 7.93. The van der Waals surface area contributed by atoms with Gasteiger partial charge in [0.1, 0.15) is 0 Å². The summed E-state index contributed by atoms with van der Waals surface area (Å²) >= 11 is 0. The summed E-state index contributed by atoms with van der Waals surface area (Å²) in [6.07, 6.45) is 2.77. The highest BCUT2D eigenvalue weighted by Crippen LogP contribution is 2.27. The summed E-state index contributed by atoms with van der Waals surface area (Å²) in [5.41, 5.74) is 1.13. The van der Waals surface area contributed by atoms with Crippen LogP contribution in [-0.4, -0.2) is 32.9 Å². The topological polar surface area (TPSA) is 96.2 Å². The van der Waals surface area contributed by atoms with Gasteiger partial charge >= 0.3 is 12.0 Å². The molecule has 0 radical (unpaired) electrons. The van der Waals surface area contributed by atoms with Crippen LogP contribution in [0.15, 0.2) is 42.6 Å². The van der Waals surface area contributed by atoms with E-state index < -0.39 is 5.97 Å². The Morgan fingerprint density at radius 1 is 1.25 bits per heavy atom. The highest BCUT2D eigenvalue weighted by molar-refractivity contribution is 5.88. The van der Waals surface area contributed by atoms with Crippen LogP contribution < -0.4 is 10.6 Å². The van der Waals surface area contributed by atoms with Crippen molar-refractivity contribution < 1.29 is 14.7 Å². The maximum absolute atomic E-state index is 11.9. The van der Waals surface area contributed by atoms with Gasteiger partial charge in [-0.2, -0.15) is 5.10 Å². The highest BCUT2D eigenvalue weighted by atomic mass is 16.4. The number of rotatable bonds is 5. The van der Waals surface area contributed by atoms with Crippen LogP contribution in [-0.2, 0) is 4.79 Å². The molecule has 126 valence electrons. The van der Waals surface area contributed by atoms with Crippen LogP contribution >= 0.6 is 0 Å². The van der Waals surface area contributed by atoms with E-state index in [1.54, 1.807) is 10.7 Å². The minimum Gasteiger partial charge on any atom is -0.481 e. The van der Waals surface area contributed by atoms with E-state index in [1.165, 1.54) is 0 Å². The molecule has 0 aliphatic heterocycles. The Labute approximate surface area is 139 Å².